The molecule has 0 saturated heterocycles. The maximum atomic E-state index is 12.3. The summed E-state index contributed by atoms with van der Waals surface area (Å²) in [5, 5.41) is 14.9. The number of thiazole rings is 1. The Morgan fingerprint density at radius 2 is 2.00 bits per heavy atom. The summed E-state index contributed by atoms with van der Waals surface area (Å²) in [4.78, 5) is 27.8. The number of allylic oxidation sites excluding steroid dienone is 2. The van der Waals surface area contributed by atoms with Gasteiger partial charge in [0, 0.05) is 16.9 Å². The number of fused-ring (bicyclic) bond motifs is 1. The van der Waals surface area contributed by atoms with E-state index >= 15 is 0 Å². The fourth-order valence-electron chi connectivity index (χ4n) is 2.51. The van der Waals surface area contributed by atoms with Gasteiger partial charge in [-0.1, -0.05) is 35.1 Å². The third kappa shape index (κ3) is 2.98. The molecule has 22 heavy (non-hydrogen) atoms. The van der Waals surface area contributed by atoms with Crippen LogP contribution in [0.25, 0.3) is 10.2 Å². The zero-order valence-corrected chi connectivity index (χ0v) is 13.0. The summed E-state index contributed by atoms with van der Waals surface area (Å²) in [5.74, 6) is -2.97. The first-order valence-electron chi connectivity index (χ1n) is 6.77. The van der Waals surface area contributed by atoms with Crippen LogP contribution in [0, 0.1) is 11.8 Å². The Hall–Kier alpha value is -1.92. The van der Waals surface area contributed by atoms with E-state index in [9.17, 15) is 14.7 Å². The van der Waals surface area contributed by atoms with Crippen LogP contribution in [0.3, 0.4) is 0 Å². The number of hydrogen-bond acceptors (Lipinski definition) is 5. The number of halogens is 1. The molecule has 1 aromatic heterocycles. The molecule has 1 heterocycles. The SMILES string of the molecule is O=C(Nc1nc2ccc(Cl)cc2s1)[C@H]1CC=CC[C@H]1C(=O)[O-]. The molecule has 5 nitrogen and oxygen atoms in total. The highest BCUT2D eigenvalue weighted by atomic mass is 35.5. The third-order valence-corrected chi connectivity index (χ3v) is 4.82. The van der Waals surface area contributed by atoms with Crippen LogP contribution in [0.4, 0.5) is 5.13 Å². The van der Waals surface area contributed by atoms with Gasteiger partial charge in [0.05, 0.1) is 16.1 Å². The van der Waals surface area contributed by atoms with E-state index < -0.39 is 17.8 Å². The minimum absolute atomic E-state index is 0.315. The highest BCUT2D eigenvalue weighted by molar-refractivity contribution is 7.22. The van der Waals surface area contributed by atoms with Crippen molar-refractivity contribution in [2.24, 2.45) is 11.8 Å². The van der Waals surface area contributed by atoms with Gasteiger partial charge in [0.25, 0.3) is 0 Å². The minimum atomic E-state index is -1.19. The van der Waals surface area contributed by atoms with Gasteiger partial charge >= 0.3 is 0 Å². The van der Waals surface area contributed by atoms with E-state index in [2.05, 4.69) is 10.3 Å². The van der Waals surface area contributed by atoms with Gasteiger partial charge in [-0.15, -0.1) is 0 Å². The standard InChI is InChI=1S/C15H13ClN2O3S/c16-8-5-6-11-12(7-8)22-15(17-11)18-13(19)9-3-1-2-4-10(9)14(20)21/h1-2,5-7,9-10H,3-4H2,(H,20,21)(H,17,18,19)/p-1/t9-,10+/m0/s1. The number of aliphatic carboxylic acids is 1. The first-order valence-corrected chi connectivity index (χ1v) is 7.97. The lowest BCUT2D eigenvalue weighted by molar-refractivity contribution is -0.313. The number of carboxylic acid groups (broad SMARTS) is 1. The minimum Gasteiger partial charge on any atom is -0.550 e. The Balaban J connectivity index is 1.80. The normalized spacial score (nSPS) is 21.0. The van der Waals surface area contributed by atoms with E-state index in [-0.39, 0.29) is 5.91 Å². The van der Waals surface area contributed by atoms with Crippen molar-refractivity contribution >= 4 is 50.2 Å². The molecule has 1 aliphatic carbocycles. The van der Waals surface area contributed by atoms with Crippen molar-refractivity contribution in [3.63, 3.8) is 0 Å². The molecule has 114 valence electrons. The second-order valence-electron chi connectivity index (χ2n) is 5.10. The van der Waals surface area contributed by atoms with Crippen molar-refractivity contribution in [3.8, 4) is 0 Å². The summed E-state index contributed by atoms with van der Waals surface area (Å²) < 4.78 is 0.864. The zero-order chi connectivity index (χ0) is 15.7. The third-order valence-electron chi connectivity index (χ3n) is 3.65. The molecule has 7 heteroatoms. The molecule has 0 unspecified atom stereocenters. The number of benzene rings is 1. The molecule has 2 aromatic rings. The maximum absolute atomic E-state index is 12.3. The lowest BCUT2D eigenvalue weighted by Gasteiger charge is -2.27. The van der Waals surface area contributed by atoms with Crippen LogP contribution in [0.15, 0.2) is 30.4 Å². The van der Waals surface area contributed by atoms with E-state index in [1.807, 2.05) is 6.08 Å². The van der Waals surface area contributed by atoms with Gasteiger partial charge in [-0.25, -0.2) is 4.98 Å². The molecule has 2 atom stereocenters. The van der Waals surface area contributed by atoms with Gasteiger partial charge in [-0.05, 0) is 31.0 Å². The number of carboxylic acids is 1. The number of amides is 1. The monoisotopic (exact) mass is 335 g/mol. The van der Waals surface area contributed by atoms with Crippen molar-refractivity contribution in [3.05, 3.63) is 35.4 Å². The quantitative estimate of drug-likeness (QED) is 0.872. The molecule has 0 radical (unpaired) electrons. The Bertz CT molecular complexity index is 771. The second-order valence-corrected chi connectivity index (χ2v) is 6.56. The topological polar surface area (TPSA) is 82.1 Å². The second kappa shape index (κ2) is 6.06. The van der Waals surface area contributed by atoms with Crippen molar-refractivity contribution in [2.45, 2.75) is 12.8 Å². The van der Waals surface area contributed by atoms with E-state index in [1.165, 1.54) is 11.3 Å². The van der Waals surface area contributed by atoms with Crippen molar-refractivity contribution < 1.29 is 14.7 Å². The number of rotatable bonds is 3. The highest BCUT2D eigenvalue weighted by Gasteiger charge is 2.30. The highest BCUT2D eigenvalue weighted by Crippen LogP contribution is 2.30. The molecule has 1 N–H and O–H groups in total. The maximum Gasteiger partial charge on any atom is 0.230 e. The van der Waals surface area contributed by atoms with Crippen LogP contribution < -0.4 is 10.4 Å². The van der Waals surface area contributed by atoms with Crippen LogP contribution >= 0.6 is 22.9 Å². The van der Waals surface area contributed by atoms with Crippen molar-refractivity contribution in [2.75, 3.05) is 5.32 Å². The van der Waals surface area contributed by atoms with E-state index in [0.29, 0.717) is 23.0 Å². The average molecular weight is 336 g/mol. The van der Waals surface area contributed by atoms with Gasteiger partial charge < -0.3 is 15.2 Å². The Morgan fingerprint density at radius 1 is 1.27 bits per heavy atom. The number of carbonyl (C=O) groups excluding carboxylic acids is 2. The number of aromatic nitrogens is 1. The Morgan fingerprint density at radius 3 is 2.73 bits per heavy atom. The molecule has 0 fully saturated rings. The van der Waals surface area contributed by atoms with Crippen LogP contribution in [-0.2, 0) is 9.59 Å². The predicted octanol–water partition coefficient (Wildman–Crippen LogP) is 2.22. The summed E-state index contributed by atoms with van der Waals surface area (Å²) in [7, 11) is 0. The first kappa shape index (κ1) is 15.0. The molecule has 1 amide bonds. The smallest absolute Gasteiger partial charge is 0.230 e. The van der Waals surface area contributed by atoms with Gasteiger partial charge in [-0.2, -0.15) is 0 Å². The lowest BCUT2D eigenvalue weighted by atomic mass is 9.82. The predicted molar refractivity (Wildman–Crippen MR) is 83.6 cm³/mol. The van der Waals surface area contributed by atoms with Gasteiger partial charge in [0.2, 0.25) is 5.91 Å². The summed E-state index contributed by atoms with van der Waals surface area (Å²) in [6, 6.07) is 5.28. The molecular formula is C15H12ClN2O3S-. The summed E-state index contributed by atoms with van der Waals surface area (Å²) in [6.07, 6.45) is 4.29. The van der Waals surface area contributed by atoms with Crippen LogP contribution in [0.1, 0.15) is 12.8 Å². The number of nitrogens with one attached hydrogen (secondary N) is 1. The van der Waals surface area contributed by atoms with E-state index in [1.54, 1.807) is 24.3 Å². The summed E-state index contributed by atoms with van der Waals surface area (Å²) >= 11 is 7.23. The van der Waals surface area contributed by atoms with E-state index in [0.717, 1.165) is 10.2 Å². The molecule has 1 aromatic carbocycles. The molecule has 0 bridgehead atoms. The number of carbonyl (C=O) groups is 2. The summed E-state index contributed by atoms with van der Waals surface area (Å²) in [6.45, 7) is 0. The van der Waals surface area contributed by atoms with Crippen molar-refractivity contribution in [1.29, 1.82) is 0 Å². The van der Waals surface area contributed by atoms with Gasteiger partial charge in [0.15, 0.2) is 5.13 Å². The van der Waals surface area contributed by atoms with Crippen LogP contribution in [-0.4, -0.2) is 16.9 Å². The molecule has 0 saturated carbocycles. The molecule has 1 aliphatic rings. The Kier molecular flexibility index (Phi) is 4.13. The fraction of sp³-hybridized carbons (Fsp3) is 0.267. The number of nitrogens with zero attached hydrogens (tertiary/aromatic N) is 1. The van der Waals surface area contributed by atoms with Gasteiger partial charge in [-0.3, -0.25) is 4.79 Å². The number of hydrogen-bond donors (Lipinski definition) is 1. The average Bonchev–Trinajstić information content (AvgIpc) is 2.88. The first-order chi connectivity index (χ1) is 10.5. The Labute approximate surface area is 135 Å². The van der Waals surface area contributed by atoms with E-state index in [4.69, 9.17) is 11.6 Å². The van der Waals surface area contributed by atoms with Gasteiger partial charge in [0.1, 0.15) is 0 Å². The van der Waals surface area contributed by atoms with Crippen LogP contribution in [0.2, 0.25) is 5.02 Å². The molecule has 0 spiro atoms. The van der Waals surface area contributed by atoms with Crippen molar-refractivity contribution in [1.82, 2.24) is 4.98 Å². The fourth-order valence-corrected chi connectivity index (χ4v) is 3.66. The number of anilines is 1. The largest absolute Gasteiger partial charge is 0.550 e. The van der Waals surface area contributed by atoms with Crippen LogP contribution in [0.5, 0.6) is 0 Å². The zero-order valence-electron chi connectivity index (χ0n) is 11.4. The lowest BCUT2D eigenvalue weighted by Crippen LogP contribution is -2.41. The molecule has 3 rings (SSSR count). The summed E-state index contributed by atoms with van der Waals surface area (Å²) in [5.41, 5.74) is 0.740. The molecular weight excluding hydrogens is 324 g/mol. The molecule has 0 aliphatic heterocycles.